The molecule has 0 aliphatic carbocycles. The first kappa shape index (κ1) is 15.4. The second-order valence-corrected chi connectivity index (χ2v) is 5.95. The molecule has 0 aliphatic rings. The van der Waals surface area contributed by atoms with Gasteiger partial charge >= 0.3 is 0 Å². The van der Waals surface area contributed by atoms with E-state index in [0.29, 0.717) is 6.54 Å². The standard InChI is InChI=1S/C19H18N4O2/c1-14-4-5-17-18(9-14)20-12-21-19(17)23(10-16-3-2-8-25-16)7-6-15-11-24-13-22-15/h2-5,8-9,11-13H,6-7,10H2,1H3. The Balaban J connectivity index is 1.69. The second-order valence-electron chi connectivity index (χ2n) is 5.95. The van der Waals surface area contributed by atoms with Crippen LogP contribution in [0.5, 0.6) is 0 Å². The van der Waals surface area contributed by atoms with Gasteiger partial charge in [-0.2, -0.15) is 0 Å². The van der Waals surface area contributed by atoms with Crippen molar-refractivity contribution >= 4 is 16.7 Å². The average Bonchev–Trinajstić information content (AvgIpc) is 3.31. The zero-order valence-electron chi connectivity index (χ0n) is 13.9. The molecule has 4 rings (SSSR count). The molecule has 0 radical (unpaired) electrons. The van der Waals surface area contributed by atoms with Gasteiger partial charge in [0, 0.05) is 18.4 Å². The van der Waals surface area contributed by atoms with E-state index in [-0.39, 0.29) is 0 Å². The monoisotopic (exact) mass is 334 g/mol. The predicted octanol–water partition coefficient (Wildman–Crippen LogP) is 3.77. The van der Waals surface area contributed by atoms with Crippen molar-refractivity contribution in [3.8, 4) is 0 Å². The van der Waals surface area contributed by atoms with Gasteiger partial charge in [0.1, 0.15) is 24.2 Å². The topological polar surface area (TPSA) is 68.2 Å². The van der Waals surface area contributed by atoms with Gasteiger partial charge in [0.15, 0.2) is 6.39 Å². The molecule has 0 aliphatic heterocycles. The first-order valence-corrected chi connectivity index (χ1v) is 8.15. The van der Waals surface area contributed by atoms with Crippen LogP contribution in [0, 0.1) is 6.92 Å². The molecule has 1 aromatic carbocycles. The Morgan fingerprint density at radius 2 is 2.08 bits per heavy atom. The van der Waals surface area contributed by atoms with E-state index in [9.17, 15) is 0 Å². The summed E-state index contributed by atoms with van der Waals surface area (Å²) in [5, 5.41) is 1.03. The zero-order valence-corrected chi connectivity index (χ0v) is 13.9. The van der Waals surface area contributed by atoms with Crippen molar-refractivity contribution in [3.63, 3.8) is 0 Å². The van der Waals surface area contributed by atoms with Crippen LogP contribution in [0.25, 0.3) is 10.9 Å². The third kappa shape index (κ3) is 3.38. The van der Waals surface area contributed by atoms with Crippen molar-refractivity contribution in [2.45, 2.75) is 19.9 Å². The lowest BCUT2D eigenvalue weighted by atomic mass is 10.1. The Bertz CT molecular complexity index is 949. The van der Waals surface area contributed by atoms with Crippen molar-refractivity contribution < 1.29 is 8.83 Å². The lowest BCUT2D eigenvalue weighted by Crippen LogP contribution is -2.26. The number of aryl methyl sites for hydroxylation is 1. The van der Waals surface area contributed by atoms with Gasteiger partial charge in [-0.05, 0) is 36.8 Å². The highest BCUT2D eigenvalue weighted by molar-refractivity contribution is 5.89. The van der Waals surface area contributed by atoms with Gasteiger partial charge in [-0.15, -0.1) is 0 Å². The molecule has 0 fully saturated rings. The van der Waals surface area contributed by atoms with E-state index in [1.165, 1.54) is 12.0 Å². The van der Waals surface area contributed by atoms with Gasteiger partial charge in [-0.1, -0.05) is 6.07 Å². The van der Waals surface area contributed by atoms with E-state index in [1.807, 2.05) is 12.1 Å². The minimum atomic E-state index is 0.630. The number of fused-ring (bicyclic) bond motifs is 1. The first-order chi connectivity index (χ1) is 12.3. The van der Waals surface area contributed by atoms with E-state index in [4.69, 9.17) is 8.83 Å². The molecule has 6 nitrogen and oxygen atoms in total. The largest absolute Gasteiger partial charge is 0.467 e. The van der Waals surface area contributed by atoms with Crippen LogP contribution in [0.15, 0.2) is 64.4 Å². The molecule has 3 aromatic heterocycles. The summed E-state index contributed by atoms with van der Waals surface area (Å²) in [5.41, 5.74) is 3.03. The third-order valence-electron chi connectivity index (χ3n) is 4.12. The molecule has 126 valence electrons. The predicted molar refractivity (Wildman–Crippen MR) is 94.2 cm³/mol. The minimum absolute atomic E-state index is 0.630. The van der Waals surface area contributed by atoms with E-state index in [1.54, 1.807) is 18.9 Å². The van der Waals surface area contributed by atoms with Gasteiger partial charge in [0.05, 0.1) is 24.0 Å². The molecule has 0 unspecified atom stereocenters. The Morgan fingerprint density at radius 1 is 1.12 bits per heavy atom. The highest BCUT2D eigenvalue weighted by atomic mass is 16.3. The summed E-state index contributed by atoms with van der Waals surface area (Å²) >= 11 is 0. The van der Waals surface area contributed by atoms with Gasteiger partial charge in [0.25, 0.3) is 0 Å². The van der Waals surface area contributed by atoms with Crippen LogP contribution in [-0.2, 0) is 13.0 Å². The Kier molecular flexibility index (Phi) is 4.16. The number of aromatic nitrogens is 3. The molecule has 25 heavy (non-hydrogen) atoms. The summed E-state index contributed by atoms with van der Waals surface area (Å²) in [4.78, 5) is 15.3. The lowest BCUT2D eigenvalue weighted by molar-refractivity contribution is 0.501. The normalized spacial score (nSPS) is 11.1. The summed E-state index contributed by atoms with van der Waals surface area (Å²) < 4.78 is 10.6. The minimum Gasteiger partial charge on any atom is -0.467 e. The molecule has 6 heteroatoms. The van der Waals surface area contributed by atoms with Gasteiger partial charge < -0.3 is 13.7 Å². The van der Waals surface area contributed by atoms with E-state index in [2.05, 4.69) is 45.0 Å². The molecule has 3 heterocycles. The number of anilines is 1. The summed E-state index contributed by atoms with van der Waals surface area (Å²) in [6, 6.07) is 10.1. The van der Waals surface area contributed by atoms with Crippen molar-refractivity contribution in [1.29, 1.82) is 0 Å². The van der Waals surface area contributed by atoms with Crippen molar-refractivity contribution in [3.05, 3.63) is 72.6 Å². The SMILES string of the molecule is Cc1ccc2c(N(CCc3cocn3)Cc3ccco3)ncnc2c1. The summed E-state index contributed by atoms with van der Waals surface area (Å²) in [6.45, 7) is 3.43. The molecule has 0 spiro atoms. The molecular weight excluding hydrogens is 316 g/mol. The Morgan fingerprint density at radius 3 is 2.88 bits per heavy atom. The first-order valence-electron chi connectivity index (χ1n) is 8.15. The van der Waals surface area contributed by atoms with E-state index in [0.717, 1.165) is 41.1 Å². The number of rotatable bonds is 6. The van der Waals surface area contributed by atoms with E-state index >= 15 is 0 Å². The molecule has 4 aromatic rings. The van der Waals surface area contributed by atoms with Crippen LogP contribution >= 0.6 is 0 Å². The van der Waals surface area contributed by atoms with Gasteiger partial charge in [-0.25, -0.2) is 15.0 Å². The summed E-state index contributed by atoms with van der Waals surface area (Å²) in [6.07, 6.45) is 7.19. The molecule has 0 saturated carbocycles. The van der Waals surface area contributed by atoms with Crippen LogP contribution in [0.2, 0.25) is 0 Å². The Hall–Kier alpha value is -3.15. The number of furan rings is 1. The van der Waals surface area contributed by atoms with Crippen LogP contribution in [0.1, 0.15) is 17.0 Å². The fourth-order valence-electron chi connectivity index (χ4n) is 2.87. The van der Waals surface area contributed by atoms with Crippen LogP contribution in [0.4, 0.5) is 5.82 Å². The maximum Gasteiger partial charge on any atom is 0.180 e. The molecule has 0 saturated heterocycles. The number of nitrogens with zero attached hydrogens (tertiary/aromatic N) is 4. The summed E-state index contributed by atoms with van der Waals surface area (Å²) in [5.74, 6) is 1.78. The highest BCUT2D eigenvalue weighted by Gasteiger charge is 2.15. The molecule has 0 N–H and O–H groups in total. The van der Waals surface area contributed by atoms with Gasteiger partial charge in [-0.3, -0.25) is 0 Å². The van der Waals surface area contributed by atoms with Crippen molar-refractivity contribution in [1.82, 2.24) is 15.0 Å². The molecular formula is C19H18N4O2. The number of hydrogen-bond acceptors (Lipinski definition) is 6. The number of benzene rings is 1. The smallest absolute Gasteiger partial charge is 0.180 e. The summed E-state index contributed by atoms with van der Waals surface area (Å²) in [7, 11) is 0. The fraction of sp³-hybridized carbons (Fsp3) is 0.211. The Labute approximate surface area is 145 Å². The van der Waals surface area contributed by atoms with Crippen molar-refractivity contribution in [2.24, 2.45) is 0 Å². The van der Waals surface area contributed by atoms with Gasteiger partial charge in [0.2, 0.25) is 0 Å². The quantitative estimate of drug-likeness (QED) is 0.535. The molecule has 0 atom stereocenters. The zero-order chi connectivity index (χ0) is 17.1. The van der Waals surface area contributed by atoms with E-state index < -0.39 is 0 Å². The lowest BCUT2D eigenvalue weighted by Gasteiger charge is -2.23. The maximum absolute atomic E-state index is 5.53. The third-order valence-corrected chi connectivity index (χ3v) is 4.12. The molecule has 0 bridgehead atoms. The fourth-order valence-corrected chi connectivity index (χ4v) is 2.87. The second kappa shape index (κ2) is 6.76. The highest BCUT2D eigenvalue weighted by Crippen LogP contribution is 2.25. The maximum atomic E-state index is 5.53. The van der Waals surface area contributed by atoms with Crippen LogP contribution in [0.3, 0.4) is 0 Å². The van der Waals surface area contributed by atoms with Crippen molar-refractivity contribution in [2.75, 3.05) is 11.4 Å². The average molecular weight is 334 g/mol. The van der Waals surface area contributed by atoms with Crippen LogP contribution in [-0.4, -0.2) is 21.5 Å². The number of oxazole rings is 1. The van der Waals surface area contributed by atoms with Crippen LogP contribution < -0.4 is 4.90 Å². The molecule has 0 amide bonds. The number of hydrogen-bond donors (Lipinski definition) is 0.